The van der Waals surface area contributed by atoms with Gasteiger partial charge in [0, 0.05) is 31.7 Å². The van der Waals surface area contributed by atoms with E-state index in [9.17, 15) is 0 Å². The highest BCUT2D eigenvalue weighted by Gasteiger charge is 1.97. The predicted molar refractivity (Wildman–Crippen MR) is 92.0 cm³/mol. The van der Waals surface area contributed by atoms with E-state index in [1.165, 1.54) is 0 Å². The third-order valence-corrected chi connectivity index (χ3v) is 2.80. The second-order valence-electron chi connectivity index (χ2n) is 4.88. The summed E-state index contributed by atoms with van der Waals surface area (Å²) >= 11 is 0. The minimum Gasteiger partial charge on any atom is -0.492 e. The molecule has 1 aromatic carbocycles. The van der Waals surface area contributed by atoms with Gasteiger partial charge in [-0.15, -0.1) is 11.8 Å². The minimum absolute atomic E-state index is 0.614. The van der Waals surface area contributed by atoms with Crippen molar-refractivity contribution in [1.82, 2.24) is 0 Å². The normalized spacial score (nSPS) is 9.18. The number of benzene rings is 1. The van der Waals surface area contributed by atoms with Crippen molar-refractivity contribution in [3.05, 3.63) is 24.3 Å². The molecular formula is C20H26O2. The summed E-state index contributed by atoms with van der Waals surface area (Å²) in [4.78, 5) is 0. The molecule has 0 saturated heterocycles. The summed E-state index contributed by atoms with van der Waals surface area (Å²) in [5, 5.41) is 0. The number of unbranched alkanes of at least 4 members (excludes halogenated alkanes) is 2. The Morgan fingerprint density at radius 1 is 0.727 bits per heavy atom. The van der Waals surface area contributed by atoms with Gasteiger partial charge < -0.3 is 9.47 Å². The van der Waals surface area contributed by atoms with Crippen LogP contribution in [0, 0.1) is 23.7 Å². The molecule has 118 valence electrons. The molecule has 0 heterocycles. The van der Waals surface area contributed by atoms with Gasteiger partial charge in [0.1, 0.15) is 11.5 Å². The first-order valence-electron chi connectivity index (χ1n) is 8.14. The standard InChI is InChI=1S/C20H26O2/c1-3-5-7-9-11-16-21-19-14-13-15-20(18-19)22-17-12-10-8-6-4-2/h13-15,18H,3-6,11-12,16-17H2,1-2H3. The molecule has 0 aromatic heterocycles. The second-order valence-corrected chi connectivity index (χ2v) is 4.88. The topological polar surface area (TPSA) is 18.5 Å². The second kappa shape index (κ2) is 12.7. The summed E-state index contributed by atoms with van der Waals surface area (Å²) in [5.74, 6) is 14.1. The maximum atomic E-state index is 5.68. The lowest BCUT2D eigenvalue weighted by molar-refractivity contribution is 0.311. The Bertz CT molecular complexity index is 481. The Morgan fingerprint density at radius 2 is 1.18 bits per heavy atom. The summed E-state index contributed by atoms with van der Waals surface area (Å²) in [6.07, 6.45) is 5.66. The van der Waals surface area contributed by atoms with Crippen LogP contribution in [-0.2, 0) is 0 Å². The van der Waals surface area contributed by atoms with Crippen molar-refractivity contribution in [2.75, 3.05) is 13.2 Å². The van der Waals surface area contributed by atoms with Crippen LogP contribution in [0.4, 0.5) is 0 Å². The number of hydrogen-bond donors (Lipinski definition) is 0. The number of hydrogen-bond acceptors (Lipinski definition) is 2. The zero-order chi connectivity index (χ0) is 15.9. The van der Waals surface area contributed by atoms with Crippen LogP contribution in [0.25, 0.3) is 0 Å². The van der Waals surface area contributed by atoms with Crippen molar-refractivity contribution < 1.29 is 9.47 Å². The van der Waals surface area contributed by atoms with Crippen molar-refractivity contribution in [1.29, 1.82) is 0 Å². The molecule has 22 heavy (non-hydrogen) atoms. The fraction of sp³-hybridized carbons (Fsp3) is 0.500. The van der Waals surface area contributed by atoms with Crippen molar-refractivity contribution in [2.24, 2.45) is 0 Å². The largest absolute Gasteiger partial charge is 0.492 e. The van der Waals surface area contributed by atoms with Gasteiger partial charge in [0.15, 0.2) is 0 Å². The van der Waals surface area contributed by atoms with E-state index in [1.54, 1.807) is 0 Å². The van der Waals surface area contributed by atoms with E-state index in [0.29, 0.717) is 13.2 Å². The molecule has 0 atom stereocenters. The molecule has 0 N–H and O–H groups in total. The van der Waals surface area contributed by atoms with Crippen LogP contribution in [0.15, 0.2) is 24.3 Å². The average Bonchev–Trinajstić information content (AvgIpc) is 2.54. The molecule has 0 fully saturated rings. The summed E-state index contributed by atoms with van der Waals surface area (Å²) in [7, 11) is 0. The lowest BCUT2D eigenvalue weighted by Crippen LogP contribution is -1.98. The van der Waals surface area contributed by atoms with E-state index in [-0.39, 0.29) is 0 Å². The monoisotopic (exact) mass is 298 g/mol. The molecule has 0 bridgehead atoms. The molecular weight excluding hydrogens is 272 g/mol. The highest BCUT2D eigenvalue weighted by Crippen LogP contribution is 2.19. The highest BCUT2D eigenvalue weighted by atomic mass is 16.5. The third kappa shape index (κ3) is 8.98. The summed E-state index contributed by atoms with van der Waals surface area (Å²) < 4.78 is 11.4. The Balaban J connectivity index is 2.27. The molecule has 0 aliphatic rings. The van der Waals surface area contributed by atoms with Crippen LogP contribution >= 0.6 is 0 Å². The van der Waals surface area contributed by atoms with E-state index >= 15 is 0 Å². The molecule has 2 nitrogen and oxygen atoms in total. The molecule has 0 radical (unpaired) electrons. The first-order chi connectivity index (χ1) is 10.9. The Morgan fingerprint density at radius 3 is 1.64 bits per heavy atom. The molecule has 0 aliphatic carbocycles. The first-order valence-corrected chi connectivity index (χ1v) is 8.14. The van der Waals surface area contributed by atoms with Gasteiger partial charge in [0.25, 0.3) is 0 Å². The van der Waals surface area contributed by atoms with Gasteiger partial charge in [-0.3, -0.25) is 0 Å². The fourth-order valence-corrected chi connectivity index (χ4v) is 1.70. The van der Waals surface area contributed by atoms with Gasteiger partial charge in [-0.2, -0.15) is 0 Å². The van der Waals surface area contributed by atoms with Crippen LogP contribution in [0.5, 0.6) is 11.5 Å². The maximum Gasteiger partial charge on any atom is 0.123 e. The van der Waals surface area contributed by atoms with Crippen LogP contribution in [0.2, 0.25) is 0 Å². The van der Waals surface area contributed by atoms with E-state index in [1.807, 2.05) is 24.3 Å². The molecule has 0 saturated carbocycles. The summed E-state index contributed by atoms with van der Waals surface area (Å²) in [6, 6.07) is 7.73. The quantitative estimate of drug-likeness (QED) is 0.505. The Kier molecular flexibility index (Phi) is 10.4. The zero-order valence-corrected chi connectivity index (χ0v) is 13.8. The van der Waals surface area contributed by atoms with E-state index in [4.69, 9.17) is 9.47 Å². The zero-order valence-electron chi connectivity index (χ0n) is 13.8. The first kappa shape index (κ1) is 18.0. The van der Waals surface area contributed by atoms with E-state index in [0.717, 1.165) is 50.0 Å². The van der Waals surface area contributed by atoms with Crippen LogP contribution in [0.1, 0.15) is 52.4 Å². The van der Waals surface area contributed by atoms with Gasteiger partial charge in [-0.05, 0) is 25.0 Å². The predicted octanol–water partition coefficient (Wildman–Crippen LogP) is 4.83. The average molecular weight is 298 g/mol. The lowest BCUT2D eigenvalue weighted by Gasteiger charge is -2.07. The number of ether oxygens (including phenoxy) is 2. The van der Waals surface area contributed by atoms with Crippen LogP contribution in [0.3, 0.4) is 0 Å². The molecule has 0 aliphatic heterocycles. The lowest BCUT2D eigenvalue weighted by atomic mass is 10.3. The number of rotatable bonds is 8. The van der Waals surface area contributed by atoms with Crippen molar-refractivity contribution >= 4 is 0 Å². The van der Waals surface area contributed by atoms with Crippen molar-refractivity contribution in [2.45, 2.75) is 52.4 Å². The Labute approximate surface area is 135 Å². The molecule has 1 aromatic rings. The van der Waals surface area contributed by atoms with E-state index < -0.39 is 0 Å². The van der Waals surface area contributed by atoms with Gasteiger partial charge in [0.05, 0.1) is 13.2 Å². The van der Waals surface area contributed by atoms with E-state index in [2.05, 4.69) is 37.5 Å². The van der Waals surface area contributed by atoms with Crippen molar-refractivity contribution in [3.63, 3.8) is 0 Å². The minimum atomic E-state index is 0.614. The third-order valence-electron chi connectivity index (χ3n) is 2.80. The molecule has 0 amide bonds. The van der Waals surface area contributed by atoms with Gasteiger partial charge in [0.2, 0.25) is 0 Å². The fourth-order valence-electron chi connectivity index (χ4n) is 1.70. The van der Waals surface area contributed by atoms with Gasteiger partial charge >= 0.3 is 0 Å². The highest BCUT2D eigenvalue weighted by molar-refractivity contribution is 5.33. The SMILES string of the molecule is CCCC#CCCOc1cccc(OCCC#CCCC)c1. The smallest absolute Gasteiger partial charge is 0.123 e. The molecule has 0 unspecified atom stereocenters. The summed E-state index contributed by atoms with van der Waals surface area (Å²) in [5.41, 5.74) is 0. The van der Waals surface area contributed by atoms with Crippen molar-refractivity contribution in [3.8, 4) is 35.2 Å². The van der Waals surface area contributed by atoms with Crippen LogP contribution < -0.4 is 9.47 Å². The maximum absolute atomic E-state index is 5.68. The van der Waals surface area contributed by atoms with Crippen LogP contribution in [-0.4, -0.2) is 13.2 Å². The molecule has 1 rings (SSSR count). The van der Waals surface area contributed by atoms with Gasteiger partial charge in [-0.1, -0.05) is 31.8 Å². The molecule has 2 heteroatoms. The molecule has 0 spiro atoms. The summed E-state index contributed by atoms with van der Waals surface area (Å²) in [6.45, 7) is 5.49. The van der Waals surface area contributed by atoms with Gasteiger partial charge in [-0.25, -0.2) is 0 Å². The Hall–Kier alpha value is -2.06.